The van der Waals surface area contributed by atoms with Gasteiger partial charge in [0.15, 0.2) is 0 Å². The van der Waals surface area contributed by atoms with Crippen LogP contribution < -0.4 is 4.74 Å². The van der Waals surface area contributed by atoms with Gasteiger partial charge in [-0.05, 0) is 30.7 Å². The molecule has 5 heteroatoms. The first-order valence-corrected chi connectivity index (χ1v) is 7.15. The van der Waals surface area contributed by atoms with Gasteiger partial charge in [-0.25, -0.2) is 0 Å². The Hall–Kier alpha value is -1.49. The lowest BCUT2D eigenvalue weighted by atomic mass is 10.2. The number of rotatable bonds is 3. The van der Waals surface area contributed by atoms with Gasteiger partial charge in [-0.15, -0.1) is 11.8 Å². The van der Waals surface area contributed by atoms with Crippen LogP contribution in [0.3, 0.4) is 0 Å². The van der Waals surface area contributed by atoms with Crippen molar-refractivity contribution in [2.24, 2.45) is 0 Å². The molecule has 0 saturated heterocycles. The summed E-state index contributed by atoms with van der Waals surface area (Å²) in [7, 11) is 1.63. The molecule has 102 valence electrons. The lowest BCUT2D eigenvalue weighted by Crippen LogP contribution is -2.32. The van der Waals surface area contributed by atoms with Crippen LogP contribution in [0.1, 0.15) is 18.9 Å². The molecule has 0 radical (unpaired) electrons. The number of ketones is 1. The fourth-order valence-corrected chi connectivity index (χ4v) is 3.04. The van der Waals surface area contributed by atoms with Crippen LogP contribution in [0.2, 0.25) is 0 Å². The van der Waals surface area contributed by atoms with E-state index in [2.05, 4.69) is 0 Å². The Bertz CT molecular complexity index is 501. The summed E-state index contributed by atoms with van der Waals surface area (Å²) in [6.45, 7) is 2.67. The Morgan fingerprint density at radius 1 is 1.42 bits per heavy atom. The molecule has 0 N–H and O–H groups in total. The highest BCUT2D eigenvalue weighted by Gasteiger charge is 2.20. The Balaban J connectivity index is 2.18. The summed E-state index contributed by atoms with van der Waals surface area (Å²) < 4.78 is 5.21. The molecule has 0 aliphatic carbocycles. The molecule has 0 bridgehead atoms. The SMILES string of the molecule is COc1ccc2c(c1)CN(C(=O)CC(C)=O)CCS2. The van der Waals surface area contributed by atoms with Gasteiger partial charge in [0.05, 0.1) is 13.5 Å². The molecule has 0 atom stereocenters. The average molecular weight is 279 g/mol. The first-order valence-electron chi connectivity index (χ1n) is 6.17. The average Bonchev–Trinajstić information content (AvgIpc) is 2.59. The third kappa shape index (κ3) is 3.50. The summed E-state index contributed by atoms with van der Waals surface area (Å²) in [5.74, 6) is 1.46. The Kier molecular flexibility index (Phi) is 4.47. The lowest BCUT2D eigenvalue weighted by molar-refractivity contribution is -0.135. The molecular weight excluding hydrogens is 262 g/mol. The molecule has 1 aromatic rings. The molecule has 1 aliphatic heterocycles. The van der Waals surface area contributed by atoms with Gasteiger partial charge in [-0.1, -0.05) is 0 Å². The number of hydrogen-bond donors (Lipinski definition) is 0. The molecular formula is C14H17NO3S. The van der Waals surface area contributed by atoms with E-state index in [9.17, 15) is 9.59 Å². The molecule has 1 aliphatic rings. The number of Topliss-reactive ketones (excluding diaryl/α,β-unsaturated/α-hetero) is 1. The zero-order valence-electron chi connectivity index (χ0n) is 11.1. The van der Waals surface area contributed by atoms with Gasteiger partial charge in [0.1, 0.15) is 11.5 Å². The highest BCUT2D eigenvalue weighted by Crippen LogP contribution is 2.30. The molecule has 1 aromatic carbocycles. The third-order valence-corrected chi connectivity index (χ3v) is 4.10. The molecule has 0 saturated carbocycles. The third-order valence-electron chi connectivity index (χ3n) is 3.00. The smallest absolute Gasteiger partial charge is 0.230 e. The van der Waals surface area contributed by atoms with E-state index in [1.807, 2.05) is 18.2 Å². The number of carbonyl (C=O) groups is 2. The van der Waals surface area contributed by atoms with E-state index in [0.29, 0.717) is 13.1 Å². The minimum atomic E-state index is -0.0937. The fourth-order valence-electron chi connectivity index (χ4n) is 2.04. The van der Waals surface area contributed by atoms with Crippen LogP contribution >= 0.6 is 11.8 Å². The van der Waals surface area contributed by atoms with Crippen molar-refractivity contribution in [1.29, 1.82) is 0 Å². The van der Waals surface area contributed by atoms with Crippen molar-refractivity contribution in [2.45, 2.75) is 24.8 Å². The topological polar surface area (TPSA) is 46.6 Å². The van der Waals surface area contributed by atoms with E-state index >= 15 is 0 Å². The number of thioether (sulfide) groups is 1. The van der Waals surface area contributed by atoms with Crippen LogP contribution in [0.15, 0.2) is 23.1 Å². The molecule has 2 rings (SSSR count). The molecule has 19 heavy (non-hydrogen) atoms. The van der Waals surface area contributed by atoms with Crippen LogP contribution in [0.4, 0.5) is 0 Å². The van der Waals surface area contributed by atoms with Gasteiger partial charge in [-0.2, -0.15) is 0 Å². The van der Waals surface area contributed by atoms with E-state index in [0.717, 1.165) is 17.1 Å². The van der Waals surface area contributed by atoms with Crippen molar-refractivity contribution in [2.75, 3.05) is 19.4 Å². The summed E-state index contributed by atoms with van der Waals surface area (Å²) in [4.78, 5) is 26.0. The molecule has 1 heterocycles. The zero-order valence-corrected chi connectivity index (χ0v) is 12.0. The summed E-state index contributed by atoms with van der Waals surface area (Å²) >= 11 is 1.73. The number of ether oxygens (including phenoxy) is 1. The van der Waals surface area contributed by atoms with Gasteiger partial charge in [0.25, 0.3) is 0 Å². The second-order valence-electron chi connectivity index (χ2n) is 4.52. The summed E-state index contributed by atoms with van der Waals surface area (Å²) in [6.07, 6.45) is -0.00995. The second-order valence-corrected chi connectivity index (χ2v) is 5.65. The summed E-state index contributed by atoms with van der Waals surface area (Å²) in [5, 5.41) is 0. The predicted octanol–water partition coefficient (Wildman–Crippen LogP) is 2.11. The lowest BCUT2D eigenvalue weighted by Gasteiger charge is -2.20. The largest absolute Gasteiger partial charge is 0.497 e. The van der Waals surface area contributed by atoms with Gasteiger partial charge < -0.3 is 9.64 Å². The molecule has 0 spiro atoms. The van der Waals surface area contributed by atoms with Crippen molar-refractivity contribution in [1.82, 2.24) is 4.90 Å². The normalized spacial score (nSPS) is 14.5. The first-order chi connectivity index (χ1) is 9.10. The maximum absolute atomic E-state index is 12.0. The number of methoxy groups -OCH3 is 1. The van der Waals surface area contributed by atoms with Crippen molar-refractivity contribution in [3.8, 4) is 5.75 Å². The van der Waals surface area contributed by atoms with E-state index in [1.165, 1.54) is 11.8 Å². The Labute approximate surface area is 117 Å². The van der Waals surface area contributed by atoms with Crippen LogP contribution in [-0.4, -0.2) is 36.0 Å². The maximum Gasteiger partial charge on any atom is 0.230 e. The number of benzene rings is 1. The molecule has 4 nitrogen and oxygen atoms in total. The van der Waals surface area contributed by atoms with E-state index in [1.54, 1.807) is 23.8 Å². The van der Waals surface area contributed by atoms with Crippen LogP contribution in [0.5, 0.6) is 5.75 Å². The van der Waals surface area contributed by atoms with Crippen LogP contribution in [0.25, 0.3) is 0 Å². The van der Waals surface area contributed by atoms with Crippen molar-refractivity contribution >= 4 is 23.5 Å². The highest BCUT2D eigenvalue weighted by molar-refractivity contribution is 7.99. The van der Waals surface area contributed by atoms with Gasteiger partial charge in [-0.3, -0.25) is 9.59 Å². The van der Waals surface area contributed by atoms with E-state index in [4.69, 9.17) is 4.74 Å². The van der Waals surface area contributed by atoms with Gasteiger partial charge in [0, 0.05) is 23.7 Å². The zero-order chi connectivity index (χ0) is 13.8. The summed E-state index contributed by atoms with van der Waals surface area (Å²) in [6, 6.07) is 5.92. The fraction of sp³-hybridized carbons (Fsp3) is 0.429. The standard InChI is InChI=1S/C14H17NO3S/c1-10(16)7-14(17)15-5-6-19-13-4-3-12(18-2)8-11(13)9-15/h3-4,8H,5-7,9H2,1-2H3. The number of hydrogen-bond acceptors (Lipinski definition) is 4. The van der Waals surface area contributed by atoms with Gasteiger partial charge in [0.2, 0.25) is 5.91 Å². The number of amides is 1. The minimum Gasteiger partial charge on any atom is -0.497 e. The highest BCUT2D eigenvalue weighted by atomic mass is 32.2. The van der Waals surface area contributed by atoms with Crippen molar-refractivity contribution < 1.29 is 14.3 Å². The molecule has 0 aromatic heterocycles. The van der Waals surface area contributed by atoms with Gasteiger partial charge >= 0.3 is 0 Å². The summed E-state index contributed by atoms with van der Waals surface area (Å²) in [5.41, 5.74) is 1.08. The van der Waals surface area contributed by atoms with Crippen molar-refractivity contribution in [3.63, 3.8) is 0 Å². The molecule has 1 amide bonds. The minimum absolute atomic E-state index is 0.00995. The van der Waals surface area contributed by atoms with E-state index < -0.39 is 0 Å². The van der Waals surface area contributed by atoms with Crippen LogP contribution in [0, 0.1) is 0 Å². The number of nitrogens with zero attached hydrogens (tertiary/aromatic N) is 1. The van der Waals surface area contributed by atoms with Crippen molar-refractivity contribution in [3.05, 3.63) is 23.8 Å². The number of fused-ring (bicyclic) bond motifs is 1. The van der Waals surface area contributed by atoms with Crippen LogP contribution in [-0.2, 0) is 16.1 Å². The predicted molar refractivity (Wildman–Crippen MR) is 74.4 cm³/mol. The maximum atomic E-state index is 12.0. The van der Waals surface area contributed by atoms with E-state index in [-0.39, 0.29) is 18.1 Å². The monoisotopic (exact) mass is 279 g/mol. The molecule has 0 fully saturated rings. The number of carbonyl (C=O) groups excluding carboxylic acids is 2. The first kappa shape index (κ1) is 13.9. The quantitative estimate of drug-likeness (QED) is 0.795. The Morgan fingerprint density at radius 2 is 2.21 bits per heavy atom. The Morgan fingerprint density at radius 3 is 2.89 bits per heavy atom. The second kappa shape index (κ2) is 6.10. The molecule has 0 unspecified atom stereocenters.